The van der Waals surface area contributed by atoms with Gasteiger partial charge in [-0.05, 0) is 68.1 Å². The zero-order valence-electron chi connectivity index (χ0n) is 19.8. The van der Waals surface area contributed by atoms with E-state index in [0.29, 0.717) is 6.42 Å². The van der Waals surface area contributed by atoms with E-state index in [0.717, 1.165) is 39.9 Å². The van der Waals surface area contributed by atoms with Gasteiger partial charge in [-0.2, -0.15) is 0 Å². The number of nitrogens with one attached hydrogen (secondary N) is 2. The number of carbonyl (C=O) groups excluding carboxylic acids is 1. The molecule has 3 aromatic carbocycles. The Hall–Kier alpha value is -3.53. The molecule has 4 heteroatoms. The molecule has 4 aromatic rings. The number of benzene rings is 3. The topological polar surface area (TPSA) is 54.1 Å². The van der Waals surface area contributed by atoms with Crippen LogP contribution in [0, 0.1) is 0 Å². The van der Waals surface area contributed by atoms with Crippen LogP contribution in [0.25, 0.3) is 10.9 Å². The van der Waals surface area contributed by atoms with Crippen LogP contribution in [0.15, 0.2) is 79.0 Å². The lowest BCUT2D eigenvalue weighted by Gasteiger charge is -2.24. The Labute approximate surface area is 196 Å². The standard InChI is InChI=1S/C29H32N2O2/c1-5-20-11-10-16-24-26(19-30-28(20)24)25(18-27(32)31-29(2,3)4)21-12-9-15-23(17-21)33-22-13-7-6-8-14-22/h6-17,19,25,30H,5,18H2,1-4H3,(H,31,32). The van der Waals surface area contributed by atoms with E-state index in [1.165, 1.54) is 5.56 Å². The van der Waals surface area contributed by atoms with E-state index >= 15 is 0 Å². The van der Waals surface area contributed by atoms with Gasteiger partial charge in [-0.15, -0.1) is 0 Å². The summed E-state index contributed by atoms with van der Waals surface area (Å²) in [6.45, 7) is 8.18. The number of ether oxygens (including phenoxy) is 1. The molecule has 4 nitrogen and oxygen atoms in total. The molecule has 1 unspecified atom stereocenters. The number of fused-ring (bicyclic) bond motifs is 1. The van der Waals surface area contributed by atoms with Gasteiger partial charge in [0.25, 0.3) is 0 Å². The van der Waals surface area contributed by atoms with Crippen molar-refractivity contribution >= 4 is 16.8 Å². The zero-order valence-corrected chi connectivity index (χ0v) is 19.8. The minimum absolute atomic E-state index is 0.0304. The molecule has 170 valence electrons. The molecule has 1 heterocycles. The normalized spacial score (nSPS) is 12.5. The van der Waals surface area contributed by atoms with Crippen LogP contribution < -0.4 is 10.1 Å². The Morgan fingerprint density at radius 3 is 2.42 bits per heavy atom. The van der Waals surface area contributed by atoms with Crippen molar-refractivity contribution in [2.24, 2.45) is 0 Å². The fourth-order valence-electron chi connectivity index (χ4n) is 4.30. The van der Waals surface area contributed by atoms with Crippen LogP contribution in [0.3, 0.4) is 0 Å². The highest BCUT2D eigenvalue weighted by molar-refractivity contribution is 5.88. The molecule has 1 aromatic heterocycles. The number of aryl methyl sites for hydroxylation is 1. The molecular weight excluding hydrogens is 408 g/mol. The molecule has 0 saturated heterocycles. The summed E-state index contributed by atoms with van der Waals surface area (Å²) in [7, 11) is 0. The van der Waals surface area contributed by atoms with Crippen LogP contribution in [-0.4, -0.2) is 16.4 Å². The van der Waals surface area contributed by atoms with Gasteiger partial charge in [0.1, 0.15) is 11.5 Å². The average Bonchev–Trinajstić information content (AvgIpc) is 3.21. The number of aromatic nitrogens is 1. The van der Waals surface area contributed by atoms with Gasteiger partial charge in [0.15, 0.2) is 0 Å². The summed E-state index contributed by atoms with van der Waals surface area (Å²) in [5.74, 6) is 1.47. The number of para-hydroxylation sites is 2. The van der Waals surface area contributed by atoms with E-state index in [9.17, 15) is 4.79 Å². The highest BCUT2D eigenvalue weighted by Crippen LogP contribution is 2.36. The second-order valence-electron chi connectivity index (χ2n) is 9.48. The van der Waals surface area contributed by atoms with Crippen LogP contribution >= 0.6 is 0 Å². The molecule has 0 aliphatic rings. The summed E-state index contributed by atoms with van der Waals surface area (Å²) >= 11 is 0. The van der Waals surface area contributed by atoms with Gasteiger partial charge < -0.3 is 15.0 Å². The van der Waals surface area contributed by atoms with Crippen molar-refractivity contribution in [3.05, 3.63) is 95.7 Å². The predicted molar refractivity (Wildman–Crippen MR) is 135 cm³/mol. The molecule has 1 amide bonds. The maximum atomic E-state index is 13.0. The molecule has 1 atom stereocenters. The monoisotopic (exact) mass is 440 g/mol. The first-order valence-electron chi connectivity index (χ1n) is 11.6. The average molecular weight is 441 g/mol. The Kier molecular flexibility index (Phi) is 6.55. The maximum absolute atomic E-state index is 13.0. The summed E-state index contributed by atoms with van der Waals surface area (Å²) < 4.78 is 6.09. The van der Waals surface area contributed by atoms with Crippen molar-refractivity contribution in [1.29, 1.82) is 0 Å². The third-order valence-electron chi connectivity index (χ3n) is 5.73. The number of hydrogen-bond donors (Lipinski definition) is 2. The molecule has 0 saturated carbocycles. The zero-order chi connectivity index (χ0) is 23.4. The summed E-state index contributed by atoms with van der Waals surface area (Å²) in [5, 5.41) is 4.29. The number of carbonyl (C=O) groups is 1. The summed E-state index contributed by atoms with van der Waals surface area (Å²) in [5.41, 5.74) is 4.32. The highest BCUT2D eigenvalue weighted by Gasteiger charge is 2.24. The number of amides is 1. The molecule has 4 rings (SSSR count). The lowest BCUT2D eigenvalue weighted by molar-refractivity contribution is -0.122. The van der Waals surface area contributed by atoms with Crippen LogP contribution in [-0.2, 0) is 11.2 Å². The van der Waals surface area contributed by atoms with Crippen LogP contribution in [0.2, 0.25) is 0 Å². The van der Waals surface area contributed by atoms with Crippen LogP contribution in [0.1, 0.15) is 56.7 Å². The van der Waals surface area contributed by atoms with Crippen molar-refractivity contribution in [2.75, 3.05) is 0 Å². The van der Waals surface area contributed by atoms with Gasteiger partial charge in [0.05, 0.1) is 0 Å². The number of aromatic amines is 1. The molecule has 0 aliphatic carbocycles. The molecule has 0 fully saturated rings. The third-order valence-corrected chi connectivity index (χ3v) is 5.73. The smallest absolute Gasteiger partial charge is 0.221 e. The second-order valence-corrected chi connectivity index (χ2v) is 9.48. The van der Waals surface area contributed by atoms with Crippen molar-refractivity contribution in [3.8, 4) is 11.5 Å². The second kappa shape index (κ2) is 9.53. The molecule has 0 bridgehead atoms. The minimum Gasteiger partial charge on any atom is -0.457 e. The number of rotatable bonds is 7. The largest absolute Gasteiger partial charge is 0.457 e. The van der Waals surface area contributed by atoms with Gasteiger partial charge in [0.2, 0.25) is 5.91 Å². The van der Waals surface area contributed by atoms with E-state index in [4.69, 9.17) is 4.74 Å². The van der Waals surface area contributed by atoms with Gasteiger partial charge in [0, 0.05) is 35.0 Å². The van der Waals surface area contributed by atoms with Gasteiger partial charge >= 0.3 is 0 Å². The predicted octanol–water partition coefficient (Wildman–Crippen LogP) is 6.96. The molecule has 2 N–H and O–H groups in total. The van der Waals surface area contributed by atoms with E-state index in [-0.39, 0.29) is 17.4 Å². The molecule has 0 aliphatic heterocycles. The first-order chi connectivity index (χ1) is 15.8. The summed E-state index contributed by atoms with van der Waals surface area (Å²) in [6.07, 6.45) is 3.37. The Morgan fingerprint density at radius 1 is 0.970 bits per heavy atom. The van der Waals surface area contributed by atoms with E-state index in [2.05, 4.69) is 47.7 Å². The fraction of sp³-hybridized carbons (Fsp3) is 0.276. The molecule has 0 radical (unpaired) electrons. The van der Waals surface area contributed by atoms with Crippen LogP contribution in [0.5, 0.6) is 11.5 Å². The van der Waals surface area contributed by atoms with E-state index < -0.39 is 0 Å². The summed E-state index contributed by atoms with van der Waals surface area (Å²) in [4.78, 5) is 16.5. The Balaban J connectivity index is 1.74. The SMILES string of the molecule is CCc1cccc2c(C(CC(=O)NC(C)(C)C)c3cccc(Oc4ccccc4)c3)c[nH]c12. The van der Waals surface area contributed by atoms with E-state index in [1.54, 1.807) is 0 Å². The Morgan fingerprint density at radius 2 is 1.70 bits per heavy atom. The van der Waals surface area contributed by atoms with E-state index in [1.807, 2.05) is 69.3 Å². The fourth-order valence-corrected chi connectivity index (χ4v) is 4.30. The van der Waals surface area contributed by atoms with Crippen molar-refractivity contribution in [2.45, 2.75) is 52.0 Å². The van der Waals surface area contributed by atoms with Crippen molar-refractivity contribution in [1.82, 2.24) is 10.3 Å². The third kappa shape index (κ3) is 5.46. The number of hydrogen-bond acceptors (Lipinski definition) is 2. The molecular formula is C29H32N2O2. The van der Waals surface area contributed by atoms with Crippen molar-refractivity contribution < 1.29 is 9.53 Å². The lowest BCUT2D eigenvalue weighted by atomic mass is 9.87. The summed E-state index contributed by atoms with van der Waals surface area (Å²) in [6, 6.07) is 24.2. The molecule has 33 heavy (non-hydrogen) atoms. The van der Waals surface area contributed by atoms with Gasteiger partial charge in [-0.25, -0.2) is 0 Å². The van der Waals surface area contributed by atoms with Gasteiger partial charge in [-0.3, -0.25) is 4.79 Å². The first kappa shape index (κ1) is 22.7. The number of H-pyrrole nitrogens is 1. The molecule has 0 spiro atoms. The lowest BCUT2D eigenvalue weighted by Crippen LogP contribution is -2.41. The Bertz CT molecular complexity index is 1240. The first-order valence-corrected chi connectivity index (χ1v) is 11.6. The van der Waals surface area contributed by atoms with Crippen molar-refractivity contribution in [3.63, 3.8) is 0 Å². The maximum Gasteiger partial charge on any atom is 0.221 e. The van der Waals surface area contributed by atoms with Gasteiger partial charge in [-0.1, -0.05) is 55.5 Å². The quantitative estimate of drug-likeness (QED) is 0.326. The minimum atomic E-state index is -0.282. The van der Waals surface area contributed by atoms with Crippen LogP contribution in [0.4, 0.5) is 0 Å². The highest BCUT2D eigenvalue weighted by atomic mass is 16.5.